The van der Waals surface area contributed by atoms with Crippen LogP contribution in [0.3, 0.4) is 0 Å². The summed E-state index contributed by atoms with van der Waals surface area (Å²) in [7, 11) is -3.74. The molecule has 2 aromatic carbocycles. The average molecular weight is 490 g/mol. The van der Waals surface area contributed by atoms with Crippen LogP contribution in [-0.4, -0.2) is 47.9 Å². The van der Waals surface area contributed by atoms with Gasteiger partial charge in [-0.1, -0.05) is 18.2 Å². The lowest BCUT2D eigenvalue weighted by Gasteiger charge is -2.49. The highest BCUT2D eigenvalue weighted by Crippen LogP contribution is 2.67. The fraction of sp³-hybridized carbons (Fsp3) is 0.520. The second kappa shape index (κ2) is 8.05. The molecular formula is C25H32NO7P. The number of hydrogen-bond acceptors (Lipinski definition) is 8. The van der Waals surface area contributed by atoms with Crippen molar-refractivity contribution in [2.75, 3.05) is 12.3 Å². The number of rotatable bonds is 4. The summed E-state index contributed by atoms with van der Waals surface area (Å²) < 4.78 is 52.8. The first kappa shape index (κ1) is 23.8. The molecule has 0 saturated carbocycles. The Morgan fingerprint density at radius 3 is 2.18 bits per heavy atom. The van der Waals surface area contributed by atoms with Gasteiger partial charge >= 0.3 is 0 Å². The van der Waals surface area contributed by atoms with Crippen LogP contribution in [0.15, 0.2) is 54.6 Å². The molecule has 3 saturated heterocycles. The SMILES string of the molecule is CC1(C)OC[C@H]([C@H]2OP(=O)(c3ccccc3)[C@@](C)(Oc3ccc(N)cc3)[C@H]3OC(C)(C)O[C@@H]23)O1. The molecular weight excluding hydrogens is 457 g/mol. The van der Waals surface area contributed by atoms with Gasteiger partial charge in [0.1, 0.15) is 30.2 Å². The van der Waals surface area contributed by atoms with Crippen molar-refractivity contribution in [3.8, 4) is 5.75 Å². The van der Waals surface area contributed by atoms with Crippen LogP contribution in [0.25, 0.3) is 0 Å². The van der Waals surface area contributed by atoms with E-state index in [0.717, 1.165) is 0 Å². The second-order valence-electron chi connectivity index (χ2n) is 10.1. The minimum atomic E-state index is -3.74. The summed E-state index contributed by atoms with van der Waals surface area (Å²) >= 11 is 0. The molecule has 0 spiro atoms. The maximum Gasteiger partial charge on any atom is 0.277 e. The average Bonchev–Trinajstić information content (AvgIpc) is 3.32. The maximum absolute atomic E-state index is 15.0. The minimum absolute atomic E-state index is 0.287. The van der Waals surface area contributed by atoms with Crippen molar-refractivity contribution in [3.63, 3.8) is 0 Å². The zero-order valence-electron chi connectivity index (χ0n) is 20.1. The number of ether oxygens (including phenoxy) is 5. The molecule has 0 aliphatic carbocycles. The fourth-order valence-corrected chi connectivity index (χ4v) is 7.71. The molecule has 2 aromatic rings. The highest BCUT2D eigenvalue weighted by atomic mass is 31.2. The van der Waals surface area contributed by atoms with E-state index in [4.69, 9.17) is 33.9 Å². The lowest BCUT2D eigenvalue weighted by atomic mass is 9.99. The number of nitrogen functional groups attached to an aromatic ring is 1. The van der Waals surface area contributed by atoms with Crippen molar-refractivity contribution < 1.29 is 32.8 Å². The molecule has 0 bridgehead atoms. The van der Waals surface area contributed by atoms with Gasteiger partial charge in [0.05, 0.1) is 6.61 Å². The Hall–Kier alpha value is -1.93. The number of nitrogens with two attached hydrogens (primary N) is 1. The monoisotopic (exact) mass is 489 g/mol. The van der Waals surface area contributed by atoms with E-state index in [0.29, 0.717) is 16.7 Å². The molecule has 3 fully saturated rings. The van der Waals surface area contributed by atoms with E-state index in [-0.39, 0.29) is 6.61 Å². The zero-order chi connectivity index (χ0) is 24.4. The van der Waals surface area contributed by atoms with Gasteiger partial charge in [-0.15, -0.1) is 0 Å². The Labute approximate surface area is 200 Å². The topological polar surface area (TPSA) is 98.5 Å². The molecule has 9 heteroatoms. The van der Waals surface area contributed by atoms with Crippen molar-refractivity contribution in [1.29, 1.82) is 0 Å². The molecule has 0 amide bonds. The highest BCUT2D eigenvalue weighted by molar-refractivity contribution is 7.68. The van der Waals surface area contributed by atoms with Crippen LogP contribution in [0.4, 0.5) is 5.69 Å². The summed E-state index contributed by atoms with van der Waals surface area (Å²) in [6.45, 7) is 9.40. The van der Waals surface area contributed by atoms with Crippen LogP contribution in [-0.2, 0) is 28.0 Å². The van der Waals surface area contributed by atoms with Crippen molar-refractivity contribution >= 4 is 18.4 Å². The lowest BCUT2D eigenvalue weighted by molar-refractivity contribution is -0.174. The molecule has 6 atom stereocenters. The van der Waals surface area contributed by atoms with Crippen LogP contribution in [0.2, 0.25) is 0 Å². The van der Waals surface area contributed by atoms with E-state index in [1.807, 2.05) is 45.9 Å². The first-order valence-corrected chi connectivity index (χ1v) is 13.1. The predicted molar refractivity (Wildman–Crippen MR) is 127 cm³/mol. The van der Waals surface area contributed by atoms with E-state index in [2.05, 4.69) is 0 Å². The van der Waals surface area contributed by atoms with Crippen LogP contribution in [0, 0.1) is 0 Å². The van der Waals surface area contributed by atoms with E-state index < -0.39 is 48.7 Å². The third-order valence-electron chi connectivity index (χ3n) is 6.53. The fourth-order valence-electron chi connectivity index (χ4n) is 4.94. The molecule has 0 radical (unpaired) electrons. The van der Waals surface area contributed by atoms with Crippen molar-refractivity contribution in [1.82, 2.24) is 0 Å². The van der Waals surface area contributed by atoms with Gasteiger partial charge in [0, 0.05) is 11.0 Å². The normalized spacial score (nSPS) is 38.4. The largest absolute Gasteiger partial charge is 0.474 e. The van der Waals surface area contributed by atoms with Gasteiger partial charge in [-0.25, -0.2) is 0 Å². The highest BCUT2D eigenvalue weighted by Gasteiger charge is 2.70. The summed E-state index contributed by atoms with van der Waals surface area (Å²) in [5, 5.41) is -0.864. The lowest BCUT2D eigenvalue weighted by Crippen LogP contribution is -2.62. The van der Waals surface area contributed by atoms with Crippen LogP contribution < -0.4 is 15.8 Å². The molecule has 34 heavy (non-hydrogen) atoms. The summed E-state index contributed by atoms with van der Waals surface area (Å²) in [5.41, 5.74) is 6.46. The van der Waals surface area contributed by atoms with Crippen molar-refractivity contribution in [2.24, 2.45) is 0 Å². The Morgan fingerprint density at radius 2 is 1.56 bits per heavy atom. The second-order valence-corrected chi connectivity index (χ2v) is 12.8. The molecule has 3 aliphatic rings. The van der Waals surface area contributed by atoms with Gasteiger partial charge in [-0.3, -0.25) is 4.57 Å². The third kappa shape index (κ3) is 3.96. The van der Waals surface area contributed by atoms with Gasteiger partial charge in [-0.05, 0) is 71.0 Å². The van der Waals surface area contributed by atoms with Gasteiger partial charge in [0.25, 0.3) is 7.37 Å². The first-order valence-electron chi connectivity index (χ1n) is 11.5. The van der Waals surface area contributed by atoms with E-state index in [1.165, 1.54) is 0 Å². The number of anilines is 1. The Bertz CT molecular complexity index is 1090. The summed E-state index contributed by atoms with van der Waals surface area (Å²) in [5.74, 6) is -1.22. The first-order chi connectivity index (χ1) is 15.9. The summed E-state index contributed by atoms with van der Waals surface area (Å²) in [6, 6.07) is 16.1. The van der Waals surface area contributed by atoms with Crippen molar-refractivity contribution in [2.45, 2.75) is 76.0 Å². The molecule has 0 aromatic heterocycles. The van der Waals surface area contributed by atoms with Crippen LogP contribution >= 0.6 is 7.37 Å². The maximum atomic E-state index is 15.0. The molecule has 184 valence electrons. The smallest absolute Gasteiger partial charge is 0.277 e. The van der Waals surface area contributed by atoms with Crippen LogP contribution in [0.1, 0.15) is 34.6 Å². The Kier molecular flexibility index (Phi) is 5.63. The van der Waals surface area contributed by atoms with Gasteiger partial charge < -0.3 is 33.9 Å². The molecule has 2 N–H and O–H groups in total. The van der Waals surface area contributed by atoms with E-state index in [9.17, 15) is 0 Å². The van der Waals surface area contributed by atoms with Gasteiger partial charge in [0.15, 0.2) is 11.6 Å². The Balaban J connectivity index is 1.63. The van der Waals surface area contributed by atoms with E-state index in [1.54, 1.807) is 43.3 Å². The third-order valence-corrected chi connectivity index (χ3v) is 9.57. The predicted octanol–water partition coefficient (Wildman–Crippen LogP) is 4.04. The van der Waals surface area contributed by atoms with Gasteiger partial charge in [0.2, 0.25) is 5.34 Å². The zero-order valence-corrected chi connectivity index (χ0v) is 21.0. The van der Waals surface area contributed by atoms with Crippen molar-refractivity contribution in [3.05, 3.63) is 54.6 Å². The molecule has 1 unspecified atom stereocenters. The standard InChI is InChI=1S/C25H32NO7P/c1-23(2)28-15-19(30-23)20-21-22(32-24(3,4)31-21)25(5,29-17-13-11-16(26)12-14-17)34(27,33-20)18-9-7-6-8-10-18/h6-14,19-22H,15,26H2,1-5H3/t19-,20-,21+,22+,25-,34?/m1/s1. The molecule has 3 heterocycles. The Morgan fingerprint density at radius 1 is 0.882 bits per heavy atom. The van der Waals surface area contributed by atoms with E-state index >= 15 is 4.57 Å². The molecule has 8 nitrogen and oxygen atoms in total. The molecule has 5 rings (SSSR count). The minimum Gasteiger partial charge on any atom is -0.474 e. The van der Waals surface area contributed by atoms with Crippen LogP contribution in [0.5, 0.6) is 5.75 Å². The summed E-state index contributed by atoms with van der Waals surface area (Å²) in [6.07, 6.45) is -2.49. The quantitative estimate of drug-likeness (QED) is 0.508. The van der Waals surface area contributed by atoms with Gasteiger partial charge in [-0.2, -0.15) is 0 Å². The number of hydrogen-bond donors (Lipinski definition) is 1. The molecule has 3 aliphatic heterocycles. The number of benzene rings is 2. The number of fused-ring (bicyclic) bond motifs is 1. The summed E-state index contributed by atoms with van der Waals surface area (Å²) in [4.78, 5) is 0.